The van der Waals surface area contributed by atoms with Crippen LogP contribution in [0.4, 0.5) is 16.2 Å². The summed E-state index contributed by atoms with van der Waals surface area (Å²) in [5.74, 6) is -1.31. The van der Waals surface area contributed by atoms with Crippen LogP contribution in [0.5, 0.6) is 5.75 Å². The van der Waals surface area contributed by atoms with Crippen molar-refractivity contribution < 1.29 is 29.0 Å². The van der Waals surface area contributed by atoms with Gasteiger partial charge in [-0.3, -0.25) is 0 Å². The first kappa shape index (κ1) is 18.8. The molecule has 0 fully saturated rings. The van der Waals surface area contributed by atoms with E-state index in [1.807, 2.05) is 0 Å². The van der Waals surface area contributed by atoms with Gasteiger partial charge >= 0.3 is 18.0 Å². The Hall–Kier alpha value is -3.55. The molecule has 0 atom stereocenters. The SMILES string of the molecule is CCOC(=O)c1ccc(NC(=O)Nc2ccc(C(=O)O)cc2OC)cc1. The molecule has 8 nitrogen and oxygen atoms in total. The van der Waals surface area contributed by atoms with Crippen molar-refractivity contribution in [1.82, 2.24) is 0 Å². The predicted octanol–water partition coefficient (Wildman–Crippen LogP) is 3.21. The summed E-state index contributed by atoms with van der Waals surface area (Å²) in [6, 6.07) is 9.76. The molecule has 0 aromatic heterocycles. The maximum atomic E-state index is 12.1. The highest BCUT2D eigenvalue weighted by Gasteiger charge is 2.12. The number of hydrogen-bond donors (Lipinski definition) is 3. The van der Waals surface area contributed by atoms with Crippen LogP contribution in [0.25, 0.3) is 0 Å². The van der Waals surface area contributed by atoms with Gasteiger partial charge in [-0.2, -0.15) is 0 Å². The third-order valence-corrected chi connectivity index (χ3v) is 3.35. The minimum Gasteiger partial charge on any atom is -0.495 e. The average Bonchev–Trinajstić information content (AvgIpc) is 2.62. The van der Waals surface area contributed by atoms with Crippen molar-refractivity contribution in [3.8, 4) is 5.75 Å². The standard InChI is InChI=1S/C18H18N2O6/c1-3-26-17(23)11-4-7-13(8-5-11)19-18(24)20-14-9-6-12(16(21)22)10-15(14)25-2/h4-10H,3H2,1-2H3,(H,21,22)(H2,19,20,24). The molecule has 2 amide bonds. The number of hydrogen-bond acceptors (Lipinski definition) is 5. The number of methoxy groups -OCH3 is 1. The van der Waals surface area contributed by atoms with Gasteiger partial charge in [0.15, 0.2) is 0 Å². The molecule has 26 heavy (non-hydrogen) atoms. The number of rotatable bonds is 6. The molecule has 0 heterocycles. The maximum Gasteiger partial charge on any atom is 0.338 e. The number of carbonyl (C=O) groups excluding carboxylic acids is 2. The van der Waals surface area contributed by atoms with E-state index in [0.717, 1.165) is 0 Å². The van der Waals surface area contributed by atoms with Crippen molar-refractivity contribution in [1.29, 1.82) is 0 Å². The van der Waals surface area contributed by atoms with Gasteiger partial charge < -0.3 is 25.2 Å². The minimum absolute atomic E-state index is 0.0439. The summed E-state index contributed by atoms with van der Waals surface area (Å²) in [6.45, 7) is 2.00. The Kier molecular flexibility index (Phi) is 6.15. The second kappa shape index (κ2) is 8.52. The lowest BCUT2D eigenvalue weighted by atomic mass is 10.2. The number of urea groups is 1. The van der Waals surface area contributed by atoms with Crippen LogP contribution in [0.3, 0.4) is 0 Å². The summed E-state index contributed by atoms with van der Waals surface area (Å²) in [5.41, 5.74) is 1.21. The Morgan fingerprint density at radius 1 is 1.00 bits per heavy atom. The van der Waals surface area contributed by atoms with Crippen molar-refractivity contribution in [2.45, 2.75) is 6.92 Å². The van der Waals surface area contributed by atoms with E-state index in [1.54, 1.807) is 19.1 Å². The summed E-state index contributed by atoms with van der Waals surface area (Å²) in [4.78, 5) is 34.7. The molecule has 3 N–H and O–H groups in total. The minimum atomic E-state index is -1.10. The summed E-state index contributed by atoms with van der Waals surface area (Å²) in [7, 11) is 1.37. The molecule has 2 aromatic carbocycles. The van der Waals surface area contributed by atoms with Crippen LogP contribution >= 0.6 is 0 Å². The fraction of sp³-hybridized carbons (Fsp3) is 0.167. The van der Waals surface area contributed by atoms with E-state index in [2.05, 4.69) is 10.6 Å². The molecule has 2 aromatic rings. The van der Waals surface area contributed by atoms with Crippen molar-refractivity contribution >= 4 is 29.3 Å². The first-order valence-electron chi connectivity index (χ1n) is 7.71. The van der Waals surface area contributed by atoms with Gasteiger partial charge in [-0.15, -0.1) is 0 Å². The molecular formula is C18H18N2O6. The van der Waals surface area contributed by atoms with Crippen LogP contribution in [0.2, 0.25) is 0 Å². The van der Waals surface area contributed by atoms with E-state index in [9.17, 15) is 14.4 Å². The van der Waals surface area contributed by atoms with Gasteiger partial charge in [0, 0.05) is 5.69 Å². The van der Waals surface area contributed by atoms with E-state index < -0.39 is 18.0 Å². The summed E-state index contributed by atoms with van der Waals surface area (Å²) >= 11 is 0. The Labute approximate surface area is 149 Å². The number of esters is 1. The molecule has 8 heteroatoms. The molecule has 0 saturated heterocycles. The Morgan fingerprint density at radius 2 is 1.65 bits per heavy atom. The maximum absolute atomic E-state index is 12.1. The number of benzene rings is 2. The summed E-state index contributed by atoms with van der Waals surface area (Å²) in [6.07, 6.45) is 0. The number of carboxylic acid groups (broad SMARTS) is 1. The lowest BCUT2D eigenvalue weighted by Crippen LogP contribution is -2.20. The Balaban J connectivity index is 2.04. The van der Waals surface area contributed by atoms with Crippen molar-refractivity contribution in [3.63, 3.8) is 0 Å². The van der Waals surface area contributed by atoms with Crippen LogP contribution in [-0.2, 0) is 4.74 Å². The molecule has 0 radical (unpaired) electrons. The zero-order valence-electron chi connectivity index (χ0n) is 14.2. The molecule has 0 unspecified atom stereocenters. The number of carboxylic acids is 1. The van der Waals surface area contributed by atoms with Crippen LogP contribution in [0, 0.1) is 0 Å². The number of carbonyl (C=O) groups is 3. The summed E-state index contributed by atoms with van der Waals surface area (Å²) in [5, 5.41) is 14.2. The quantitative estimate of drug-likeness (QED) is 0.683. The van der Waals surface area contributed by atoms with Gasteiger partial charge in [0.1, 0.15) is 5.75 Å². The number of nitrogens with one attached hydrogen (secondary N) is 2. The molecule has 0 bridgehead atoms. The molecule has 0 saturated carbocycles. The molecular weight excluding hydrogens is 340 g/mol. The van der Waals surface area contributed by atoms with Gasteiger partial charge in [-0.25, -0.2) is 14.4 Å². The fourth-order valence-corrected chi connectivity index (χ4v) is 2.12. The van der Waals surface area contributed by atoms with Crippen LogP contribution < -0.4 is 15.4 Å². The molecule has 2 rings (SSSR count). The first-order chi connectivity index (χ1) is 12.4. The highest BCUT2D eigenvalue weighted by atomic mass is 16.5. The van der Waals surface area contributed by atoms with Gasteiger partial charge in [0.2, 0.25) is 0 Å². The second-order valence-electron chi connectivity index (χ2n) is 5.10. The predicted molar refractivity (Wildman–Crippen MR) is 95.0 cm³/mol. The average molecular weight is 358 g/mol. The zero-order chi connectivity index (χ0) is 19.1. The number of ether oxygens (including phenoxy) is 2. The number of anilines is 2. The molecule has 0 aliphatic carbocycles. The lowest BCUT2D eigenvalue weighted by Gasteiger charge is -2.12. The smallest absolute Gasteiger partial charge is 0.338 e. The van der Waals surface area contributed by atoms with E-state index in [0.29, 0.717) is 16.9 Å². The monoisotopic (exact) mass is 358 g/mol. The highest BCUT2D eigenvalue weighted by molar-refractivity contribution is 6.01. The Bertz CT molecular complexity index is 817. The molecule has 136 valence electrons. The highest BCUT2D eigenvalue weighted by Crippen LogP contribution is 2.26. The van der Waals surface area contributed by atoms with Gasteiger partial charge in [0.05, 0.1) is 30.5 Å². The van der Waals surface area contributed by atoms with Gasteiger partial charge in [0.25, 0.3) is 0 Å². The lowest BCUT2D eigenvalue weighted by molar-refractivity contribution is 0.0526. The Morgan fingerprint density at radius 3 is 2.23 bits per heavy atom. The first-order valence-corrected chi connectivity index (χ1v) is 7.71. The number of amides is 2. The van der Waals surface area contributed by atoms with E-state index in [1.165, 1.54) is 37.4 Å². The van der Waals surface area contributed by atoms with Crippen LogP contribution in [0.1, 0.15) is 27.6 Å². The van der Waals surface area contributed by atoms with Crippen molar-refractivity contribution in [3.05, 3.63) is 53.6 Å². The zero-order valence-corrected chi connectivity index (χ0v) is 14.2. The summed E-state index contributed by atoms with van der Waals surface area (Å²) < 4.78 is 9.98. The molecule has 0 aliphatic heterocycles. The van der Waals surface area contributed by atoms with Crippen molar-refractivity contribution in [2.24, 2.45) is 0 Å². The fourth-order valence-electron chi connectivity index (χ4n) is 2.12. The number of aromatic carboxylic acids is 1. The van der Waals surface area contributed by atoms with Crippen LogP contribution in [0.15, 0.2) is 42.5 Å². The van der Waals surface area contributed by atoms with E-state index >= 15 is 0 Å². The molecule has 0 aliphatic rings. The van der Waals surface area contributed by atoms with E-state index in [-0.39, 0.29) is 17.9 Å². The second-order valence-corrected chi connectivity index (χ2v) is 5.10. The van der Waals surface area contributed by atoms with Crippen molar-refractivity contribution in [2.75, 3.05) is 24.4 Å². The largest absolute Gasteiger partial charge is 0.495 e. The van der Waals surface area contributed by atoms with E-state index in [4.69, 9.17) is 14.6 Å². The van der Waals surface area contributed by atoms with Gasteiger partial charge in [-0.05, 0) is 49.4 Å². The normalized spacial score (nSPS) is 9.92. The topological polar surface area (TPSA) is 114 Å². The molecule has 0 spiro atoms. The van der Waals surface area contributed by atoms with Crippen LogP contribution in [-0.4, -0.2) is 36.8 Å². The third-order valence-electron chi connectivity index (χ3n) is 3.35. The van der Waals surface area contributed by atoms with Gasteiger partial charge in [-0.1, -0.05) is 0 Å². The third kappa shape index (κ3) is 4.73.